The molecule has 2 aromatic carbocycles. The summed E-state index contributed by atoms with van der Waals surface area (Å²) in [6.45, 7) is 4.76. The van der Waals surface area contributed by atoms with Crippen molar-refractivity contribution in [3.05, 3.63) is 66.1 Å². The van der Waals surface area contributed by atoms with Crippen LogP contribution in [0.3, 0.4) is 0 Å². The lowest BCUT2D eigenvalue weighted by Gasteiger charge is -2.36. The number of hydrogen-bond acceptors (Lipinski definition) is 7. The first-order chi connectivity index (χ1) is 18.6. The van der Waals surface area contributed by atoms with E-state index in [9.17, 15) is 4.39 Å². The zero-order valence-corrected chi connectivity index (χ0v) is 21.6. The molecular weight excluding hydrogens is 483 g/mol. The third-order valence-corrected chi connectivity index (χ3v) is 7.66. The Morgan fingerprint density at radius 3 is 2.45 bits per heavy atom. The number of fused-ring (bicyclic) bond motifs is 1. The third kappa shape index (κ3) is 4.86. The van der Waals surface area contributed by atoms with Crippen molar-refractivity contribution in [2.24, 2.45) is 0 Å². The van der Waals surface area contributed by atoms with Gasteiger partial charge in [0.25, 0.3) is 0 Å². The molecule has 0 atom stereocenters. The van der Waals surface area contributed by atoms with E-state index in [2.05, 4.69) is 9.80 Å². The second kappa shape index (κ2) is 10.5. The van der Waals surface area contributed by atoms with Gasteiger partial charge in [0.2, 0.25) is 0 Å². The normalized spacial score (nSPS) is 16.8. The van der Waals surface area contributed by atoms with Crippen molar-refractivity contribution in [3.63, 3.8) is 0 Å². The lowest BCUT2D eigenvalue weighted by atomic mass is 10.0. The Morgan fingerprint density at radius 1 is 0.974 bits per heavy atom. The van der Waals surface area contributed by atoms with Crippen molar-refractivity contribution in [1.29, 1.82) is 0 Å². The number of rotatable bonds is 7. The molecule has 2 aliphatic rings. The second-order valence-corrected chi connectivity index (χ2v) is 10.1. The van der Waals surface area contributed by atoms with Gasteiger partial charge in [-0.05, 0) is 68.6 Å². The molecule has 2 N–H and O–H groups in total. The first-order valence-corrected chi connectivity index (χ1v) is 13.3. The summed E-state index contributed by atoms with van der Waals surface area (Å²) in [6, 6.07) is 14.8. The van der Waals surface area contributed by atoms with Crippen LogP contribution >= 0.6 is 0 Å². The molecule has 0 saturated carbocycles. The molecule has 2 fully saturated rings. The van der Waals surface area contributed by atoms with Gasteiger partial charge >= 0.3 is 0 Å². The van der Waals surface area contributed by atoms with E-state index >= 15 is 0 Å². The van der Waals surface area contributed by atoms with E-state index in [1.165, 1.54) is 32.0 Å². The number of piperidine rings is 1. The Hall–Kier alpha value is -3.85. The van der Waals surface area contributed by atoms with Gasteiger partial charge in [-0.15, -0.1) is 0 Å². The van der Waals surface area contributed by atoms with Crippen LogP contribution in [0.2, 0.25) is 0 Å². The van der Waals surface area contributed by atoms with Crippen LogP contribution in [-0.4, -0.2) is 59.0 Å². The van der Waals surface area contributed by atoms with Crippen LogP contribution in [0.4, 0.5) is 15.9 Å². The van der Waals surface area contributed by atoms with Crippen LogP contribution in [0.25, 0.3) is 11.0 Å². The molecule has 2 saturated heterocycles. The van der Waals surface area contributed by atoms with Crippen LogP contribution in [-0.2, 0) is 6.54 Å². The average Bonchev–Trinajstić information content (AvgIpc) is 3.60. The number of halogens is 1. The van der Waals surface area contributed by atoms with E-state index < -0.39 is 5.82 Å². The standard InChI is InChI=1S/C29H33FN6O2/c1-37-23-7-4-20(5-8-23)19-36-28-27(26(10-13-32-28)38-25-9-6-21(31)18-24(25)30)29(33-36)35-16-11-22(12-17-35)34-14-2-3-15-34/h4-10,13,18,22H,2-3,11-12,14-17,19,31H2,1H3. The van der Waals surface area contributed by atoms with Gasteiger partial charge in [0, 0.05) is 43.1 Å². The number of aromatic nitrogens is 3. The van der Waals surface area contributed by atoms with Crippen LogP contribution in [0.5, 0.6) is 17.2 Å². The molecule has 198 valence electrons. The smallest absolute Gasteiger partial charge is 0.167 e. The molecule has 0 spiro atoms. The minimum absolute atomic E-state index is 0.119. The van der Waals surface area contributed by atoms with Crippen molar-refractivity contribution in [3.8, 4) is 17.2 Å². The summed E-state index contributed by atoms with van der Waals surface area (Å²) in [5.41, 5.74) is 7.87. The highest BCUT2D eigenvalue weighted by Crippen LogP contribution is 2.38. The third-order valence-electron chi connectivity index (χ3n) is 7.66. The van der Waals surface area contributed by atoms with Crippen molar-refractivity contribution >= 4 is 22.5 Å². The zero-order valence-electron chi connectivity index (χ0n) is 21.6. The summed E-state index contributed by atoms with van der Waals surface area (Å²) < 4.78 is 28.0. The first-order valence-electron chi connectivity index (χ1n) is 13.3. The summed E-state index contributed by atoms with van der Waals surface area (Å²) in [7, 11) is 1.66. The molecule has 2 aliphatic heterocycles. The molecular formula is C29H33FN6O2. The van der Waals surface area contributed by atoms with Crippen LogP contribution in [0, 0.1) is 5.82 Å². The molecule has 4 heterocycles. The van der Waals surface area contributed by atoms with Crippen LogP contribution in [0.15, 0.2) is 54.7 Å². The average molecular weight is 517 g/mol. The Morgan fingerprint density at radius 2 is 1.74 bits per heavy atom. The fourth-order valence-corrected chi connectivity index (χ4v) is 5.64. The number of nitrogen functional groups attached to an aromatic ring is 1. The summed E-state index contributed by atoms with van der Waals surface area (Å²) in [4.78, 5) is 9.65. The Bertz CT molecular complexity index is 1410. The van der Waals surface area contributed by atoms with E-state index in [0.717, 1.165) is 48.4 Å². The number of likely N-dealkylation sites (tertiary alicyclic amines) is 1. The van der Waals surface area contributed by atoms with Gasteiger partial charge in [-0.2, -0.15) is 5.10 Å². The first kappa shape index (κ1) is 24.5. The minimum Gasteiger partial charge on any atom is -0.497 e. The SMILES string of the molecule is COc1ccc(Cn2nc(N3CCC(N4CCCC4)CC3)c3c(Oc4ccc(N)cc4F)ccnc32)cc1. The number of ether oxygens (including phenoxy) is 2. The Labute approximate surface area is 221 Å². The molecule has 0 radical (unpaired) electrons. The molecule has 38 heavy (non-hydrogen) atoms. The highest BCUT2D eigenvalue weighted by molar-refractivity contribution is 5.94. The van der Waals surface area contributed by atoms with E-state index in [-0.39, 0.29) is 5.75 Å². The highest BCUT2D eigenvalue weighted by Gasteiger charge is 2.30. The number of anilines is 2. The summed E-state index contributed by atoms with van der Waals surface area (Å²) in [5, 5.41) is 5.84. The molecule has 0 aliphatic carbocycles. The maximum absolute atomic E-state index is 14.7. The molecule has 0 amide bonds. The molecule has 8 nitrogen and oxygen atoms in total. The largest absolute Gasteiger partial charge is 0.497 e. The molecule has 2 aromatic heterocycles. The number of hydrogen-bond donors (Lipinski definition) is 1. The van der Waals surface area contributed by atoms with Gasteiger partial charge in [0.15, 0.2) is 23.0 Å². The predicted molar refractivity (Wildman–Crippen MR) is 147 cm³/mol. The Kier molecular flexibility index (Phi) is 6.76. The molecule has 9 heteroatoms. The van der Waals surface area contributed by atoms with Gasteiger partial charge in [-0.25, -0.2) is 14.1 Å². The zero-order chi connectivity index (χ0) is 26.1. The lowest BCUT2D eigenvalue weighted by Crippen LogP contribution is -2.44. The number of pyridine rings is 1. The van der Waals surface area contributed by atoms with Gasteiger partial charge in [0.1, 0.15) is 16.9 Å². The maximum Gasteiger partial charge on any atom is 0.167 e. The second-order valence-electron chi connectivity index (χ2n) is 10.1. The Balaban J connectivity index is 1.36. The summed E-state index contributed by atoms with van der Waals surface area (Å²) in [6.07, 6.45) is 6.47. The van der Waals surface area contributed by atoms with E-state index in [1.54, 1.807) is 31.5 Å². The fraction of sp³-hybridized carbons (Fsp3) is 0.379. The van der Waals surface area contributed by atoms with E-state index in [4.69, 9.17) is 25.3 Å². The van der Waals surface area contributed by atoms with Gasteiger partial charge in [-0.1, -0.05) is 12.1 Å². The fourth-order valence-electron chi connectivity index (χ4n) is 5.64. The number of nitrogens with zero attached hydrogens (tertiary/aromatic N) is 5. The summed E-state index contributed by atoms with van der Waals surface area (Å²) >= 11 is 0. The van der Waals surface area contributed by atoms with Gasteiger partial charge < -0.3 is 25.0 Å². The van der Waals surface area contributed by atoms with Crippen LogP contribution < -0.4 is 20.1 Å². The minimum atomic E-state index is -0.506. The molecule has 6 rings (SSSR count). The number of methoxy groups -OCH3 is 1. The van der Waals surface area contributed by atoms with E-state index in [0.29, 0.717) is 29.7 Å². The maximum atomic E-state index is 14.7. The number of benzene rings is 2. The quantitative estimate of drug-likeness (QED) is 0.344. The molecule has 4 aromatic rings. The predicted octanol–water partition coefficient (Wildman–Crippen LogP) is 5.07. The molecule has 0 unspecified atom stereocenters. The lowest BCUT2D eigenvalue weighted by molar-refractivity contribution is 0.207. The topological polar surface area (TPSA) is 81.7 Å². The van der Waals surface area contributed by atoms with E-state index in [1.807, 2.05) is 28.9 Å². The van der Waals surface area contributed by atoms with Crippen molar-refractivity contribution in [2.45, 2.75) is 38.3 Å². The number of nitrogens with two attached hydrogens (primary N) is 1. The monoisotopic (exact) mass is 516 g/mol. The van der Waals surface area contributed by atoms with Gasteiger partial charge in [0.05, 0.1) is 13.7 Å². The van der Waals surface area contributed by atoms with Crippen molar-refractivity contribution < 1.29 is 13.9 Å². The molecule has 0 bridgehead atoms. The van der Waals surface area contributed by atoms with Crippen molar-refractivity contribution in [1.82, 2.24) is 19.7 Å². The van der Waals surface area contributed by atoms with Gasteiger partial charge in [-0.3, -0.25) is 0 Å². The van der Waals surface area contributed by atoms with Crippen LogP contribution in [0.1, 0.15) is 31.2 Å². The summed E-state index contributed by atoms with van der Waals surface area (Å²) in [5.74, 6) is 1.77. The highest BCUT2D eigenvalue weighted by atomic mass is 19.1. The van der Waals surface area contributed by atoms with Crippen molar-refractivity contribution in [2.75, 3.05) is 43.9 Å².